The van der Waals surface area contributed by atoms with Gasteiger partial charge in [-0.15, -0.1) is 10.2 Å². The van der Waals surface area contributed by atoms with Gasteiger partial charge in [-0.1, -0.05) is 18.2 Å². The Balaban J connectivity index is 1.51. The van der Waals surface area contributed by atoms with Crippen molar-refractivity contribution in [3.63, 3.8) is 0 Å². The van der Waals surface area contributed by atoms with Gasteiger partial charge in [-0.2, -0.15) is 13.2 Å². The molecular weight excluding hydrogens is 411 g/mol. The highest BCUT2D eigenvalue weighted by molar-refractivity contribution is 5.61. The van der Waals surface area contributed by atoms with E-state index in [9.17, 15) is 13.2 Å². The number of hydrogen-bond acceptors (Lipinski definition) is 6. The molecule has 2 aromatic heterocycles. The van der Waals surface area contributed by atoms with Gasteiger partial charge in [-0.05, 0) is 36.4 Å². The van der Waals surface area contributed by atoms with E-state index >= 15 is 0 Å². The minimum absolute atomic E-state index is 0.208. The standard InChI is InChI=1S/C21H16F3N5O2/c1-30-18-12-17(8-9-25-18)31-16-7-2-4-13(10-16)19-27-20(29-28-19)26-15-6-3-5-14(11-15)21(22,23)24/h2-12H,1H3,(H2,26,27,28,29). The van der Waals surface area contributed by atoms with Gasteiger partial charge in [0.15, 0.2) is 5.82 Å². The van der Waals surface area contributed by atoms with E-state index in [0.29, 0.717) is 28.8 Å². The Kier molecular flexibility index (Phi) is 5.44. The number of methoxy groups -OCH3 is 1. The van der Waals surface area contributed by atoms with Crippen LogP contribution in [0.1, 0.15) is 5.56 Å². The monoisotopic (exact) mass is 427 g/mol. The normalized spacial score (nSPS) is 11.2. The number of nitrogens with zero attached hydrogens (tertiary/aromatic N) is 3. The first-order chi connectivity index (χ1) is 14.9. The third-order valence-electron chi connectivity index (χ3n) is 4.20. The van der Waals surface area contributed by atoms with E-state index in [4.69, 9.17) is 9.47 Å². The van der Waals surface area contributed by atoms with Crippen LogP contribution >= 0.6 is 0 Å². The number of aromatic nitrogens is 4. The molecule has 0 aliphatic carbocycles. The van der Waals surface area contributed by atoms with Crippen molar-refractivity contribution < 1.29 is 22.6 Å². The number of benzene rings is 2. The number of nitrogens with one attached hydrogen (secondary N) is 2. The molecule has 0 aliphatic heterocycles. The predicted molar refractivity (Wildman–Crippen MR) is 107 cm³/mol. The van der Waals surface area contributed by atoms with Crippen LogP contribution in [0.3, 0.4) is 0 Å². The second-order valence-electron chi connectivity index (χ2n) is 6.39. The highest BCUT2D eigenvalue weighted by Crippen LogP contribution is 2.31. The molecule has 0 unspecified atom stereocenters. The zero-order valence-corrected chi connectivity index (χ0v) is 16.1. The number of H-pyrrole nitrogens is 1. The van der Waals surface area contributed by atoms with E-state index in [1.165, 1.54) is 19.2 Å². The fraction of sp³-hybridized carbons (Fsp3) is 0.0952. The largest absolute Gasteiger partial charge is 0.481 e. The van der Waals surface area contributed by atoms with Crippen LogP contribution in [0.2, 0.25) is 0 Å². The summed E-state index contributed by atoms with van der Waals surface area (Å²) in [5.41, 5.74) is 0.166. The number of hydrogen-bond donors (Lipinski definition) is 2. The van der Waals surface area contributed by atoms with Gasteiger partial charge in [-0.25, -0.2) is 4.98 Å². The van der Waals surface area contributed by atoms with Crippen LogP contribution in [0.4, 0.5) is 24.8 Å². The lowest BCUT2D eigenvalue weighted by Gasteiger charge is -2.09. The first-order valence-corrected chi connectivity index (χ1v) is 9.06. The Labute approximate surface area is 174 Å². The maximum absolute atomic E-state index is 12.9. The minimum atomic E-state index is -4.43. The number of pyridine rings is 1. The molecule has 0 atom stereocenters. The SMILES string of the molecule is COc1cc(Oc2cccc(-c3nnc(Nc4cccc(C(F)(F)F)c4)[nH]3)c2)ccn1. The zero-order valence-electron chi connectivity index (χ0n) is 16.1. The van der Waals surface area contributed by atoms with Gasteiger partial charge in [0.1, 0.15) is 11.5 Å². The molecule has 0 aliphatic rings. The van der Waals surface area contributed by atoms with Gasteiger partial charge in [0.05, 0.1) is 12.7 Å². The topological polar surface area (TPSA) is 85.0 Å². The van der Waals surface area contributed by atoms with E-state index in [0.717, 1.165) is 12.1 Å². The van der Waals surface area contributed by atoms with Gasteiger partial charge >= 0.3 is 6.18 Å². The van der Waals surface area contributed by atoms with Crippen molar-refractivity contribution in [2.45, 2.75) is 6.18 Å². The molecule has 0 fully saturated rings. The maximum atomic E-state index is 12.9. The third kappa shape index (κ3) is 4.92. The number of halogens is 3. The number of aromatic amines is 1. The summed E-state index contributed by atoms with van der Waals surface area (Å²) in [5, 5.41) is 10.8. The molecule has 4 aromatic rings. The first-order valence-electron chi connectivity index (χ1n) is 9.06. The van der Waals surface area contributed by atoms with Crippen molar-refractivity contribution in [3.8, 4) is 28.8 Å². The van der Waals surface area contributed by atoms with Crippen molar-refractivity contribution in [1.29, 1.82) is 0 Å². The summed E-state index contributed by atoms with van der Waals surface area (Å²) < 4.78 is 49.6. The fourth-order valence-electron chi connectivity index (χ4n) is 2.77. The molecule has 0 spiro atoms. The number of rotatable bonds is 6. The van der Waals surface area contributed by atoms with Gasteiger partial charge in [-0.3, -0.25) is 0 Å². The Bertz CT molecular complexity index is 1190. The van der Waals surface area contributed by atoms with E-state index in [-0.39, 0.29) is 11.6 Å². The second-order valence-corrected chi connectivity index (χ2v) is 6.39. The highest BCUT2D eigenvalue weighted by Gasteiger charge is 2.30. The van der Waals surface area contributed by atoms with Crippen LogP contribution in [0.25, 0.3) is 11.4 Å². The van der Waals surface area contributed by atoms with E-state index in [1.807, 2.05) is 0 Å². The molecule has 0 saturated carbocycles. The van der Waals surface area contributed by atoms with Crippen molar-refractivity contribution >= 4 is 11.6 Å². The highest BCUT2D eigenvalue weighted by atomic mass is 19.4. The lowest BCUT2D eigenvalue weighted by Crippen LogP contribution is -2.05. The van der Waals surface area contributed by atoms with Crippen LogP contribution in [-0.4, -0.2) is 27.3 Å². The first kappa shape index (κ1) is 20.2. The molecule has 2 N–H and O–H groups in total. The van der Waals surface area contributed by atoms with Crippen LogP contribution in [0.5, 0.6) is 17.4 Å². The zero-order chi connectivity index (χ0) is 21.8. The van der Waals surface area contributed by atoms with Crippen LogP contribution in [0, 0.1) is 0 Å². The Morgan fingerprint density at radius 2 is 1.74 bits per heavy atom. The lowest BCUT2D eigenvalue weighted by molar-refractivity contribution is -0.137. The molecule has 0 bridgehead atoms. The third-order valence-corrected chi connectivity index (χ3v) is 4.20. The number of alkyl halides is 3. The Hall–Kier alpha value is -4.08. The van der Waals surface area contributed by atoms with E-state index < -0.39 is 11.7 Å². The molecule has 4 rings (SSSR count). The van der Waals surface area contributed by atoms with Crippen LogP contribution < -0.4 is 14.8 Å². The van der Waals surface area contributed by atoms with E-state index in [2.05, 4.69) is 25.5 Å². The summed E-state index contributed by atoms with van der Waals surface area (Å²) in [4.78, 5) is 6.97. The van der Waals surface area contributed by atoms with Gasteiger partial charge in [0.2, 0.25) is 11.8 Å². The van der Waals surface area contributed by atoms with Crippen molar-refractivity contribution in [3.05, 3.63) is 72.4 Å². The smallest absolute Gasteiger partial charge is 0.416 e. The molecule has 2 heterocycles. The molecule has 0 amide bonds. The Morgan fingerprint density at radius 1 is 0.935 bits per heavy atom. The summed E-state index contributed by atoms with van der Waals surface area (Å²) in [6.45, 7) is 0. The van der Waals surface area contributed by atoms with Gasteiger partial charge < -0.3 is 19.8 Å². The molecule has 0 saturated heterocycles. The molecule has 0 radical (unpaired) electrons. The molecule has 158 valence electrons. The summed E-state index contributed by atoms with van der Waals surface area (Å²) in [6, 6.07) is 15.3. The second kappa shape index (κ2) is 8.34. The van der Waals surface area contributed by atoms with Gasteiger partial charge in [0.25, 0.3) is 0 Å². The quantitative estimate of drug-likeness (QED) is 0.427. The predicted octanol–water partition coefficient (Wildman–Crippen LogP) is 5.43. The van der Waals surface area contributed by atoms with E-state index in [1.54, 1.807) is 42.6 Å². The van der Waals surface area contributed by atoms with Crippen LogP contribution in [0.15, 0.2) is 66.9 Å². The number of anilines is 2. The maximum Gasteiger partial charge on any atom is 0.416 e. The Morgan fingerprint density at radius 3 is 2.55 bits per heavy atom. The van der Waals surface area contributed by atoms with Crippen molar-refractivity contribution in [1.82, 2.24) is 20.2 Å². The molecule has 10 heteroatoms. The average molecular weight is 427 g/mol. The van der Waals surface area contributed by atoms with Crippen molar-refractivity contribution in [2.24, 2.45) is 0 Å². The van der Waals surface area contributed by atoms with Gasteiger partial charge in [0, 0.05) is 23.5 Å². The molecule has 7 nitrogen and oxygen atoms in total. The molecule has 31 heavy (non-hydrogen) atoms. The van der Waals surface area contributed by atoms with Crippen LogP contribution in [-0.2, 0) is 6.18 Å². The lowest BCUT2D eigenvalue weighted by atomic mass is 10.2. The van der Waals surface area contributed by atoms with Crippen molar-refractivity contribution in [2.75, 3.05) is 12.4 Å². The number of ether oxygens (including phenoxy) is 2. The molecular formula is C21H16F3N5O2. The minimum Gasteiger partial charge on any atom is -0.481 e. The summed E-state index contributed by atoms with van der Waals surface area (Å²) >= 11 is 0. The summed E-state index contributed by atoms with van der Waals surface area (Å²) in [6.07, 6.45) is -2.86. The average Bonchev–Trinajstić information content (AvgIpc) is 3.22. The molecule has 2 aromatic carbocycles. The summed E-state index contributed by atoms with van der Waals surface area (Å²) in [7, 11) is 1.52. The summed E-state index contributed by atoms with van der Waals surface area (Å²) in [5.74, 6) is 2.16. The fourth-order valence-corrected chi connectivity index (χ4v) is 2.77.